The Labute approximate surface area is 129 Å². The number of nitro groups is 1. The van der Waals surface area contributed by atoms with Crippen molar-refractivity contribution in [2.24, 2.45) is 5.73 Å². The second-order valence-electron chi connectivity index (χ2n) is 4.74. The summed E-state index contributed by atoms with van der Waals surface area (Å²) in [4.78, 5) is 21.1. The number of thioether (sulfide) groups is 1. The van der Waals surface area contributed by atoms with E-state index in [2.05, 4.69) is 15.9 Å². The van der Waals surface area contributed by atoms with Crippen LogP contribution in [-0.2, 0) is 10.5 Å². The minimum absolute atomic E-state index is 0.00659. The van der Waals surface area contributed by atoms with Crippen molar-refractivity contribution in [3.05, 3.63) is 38.3 Å². The Morgan fingerprint density at radius 2 is 2.20 bits per heavy atom. The van der Waals surface area contributed by atoms with Gasteiger partial charge in [-0.3, -0.25) is 14.9 Å². The highest BCUT2D eigenvalue weighted by Crippen LogP contribution is 2.33. The molecule has 8 heteroatoms. The number of carboxylic acid groups (broad SMARTS) is 1. The number of nitro benzene ring substituents is 1. The molecule has 1 aromatic carbocycles. The number of carbonyl (C=O) groups is 1. The number of nitrogens with two attached hydrogens (primary N) is 1. The summed E-state index contributed by atoms with van der Waals surface area (Å²) < 4.78 is -0.0218. The monoisotopic (exact) mass is 362 g/mol. The Kier molecular flexibility index (Phi) is 5.55. The molecular formula is C12H15BrN2O4S. The van der Waals surface area contributed by atoms with E-state index in [1.54, 1.807) is 19.9 Å². The van der Waals surface area contributed by atoms with Gasteiger partial charge in [0, 0.05) is 27.1 Å². The second-order valence-corrected chi connectivity index (χ2v) is 7.22. The Balaban J connectivity index is 2.80. The lowest BCUT2D eigenvalue weighted by Gasteiger charge is -2.28. The third-order valence-corrected chi connectivity index (χ3v) is 5.05. The van der Waals surface area contributed by atoms with E-state index >= 15 is 0 Å². The Morgan fingerprint density at radius 1 is 1.60 bits per heavy atom. The Morgan fingerprint density at radius 3 is 2.65 bits per heavy atom. The number of hydrogen-bond acceptors (Lipinski definition) is 5. The molecule has 110 valence electrons. The molecule has 1 aromatic rings. The highest BCUT2D eigenvalue weighted by molar-refractivity contribution is 9.10. The van der Waals surface area contributed by atoms with E-state index in [9.17, 15) is 14.9 Å². The third-order valence-electron chi connectivity index (χ3n) is 2.86. The lowest BCUT2D eigenvalue weighted by molar-refractivity contribution is -0.384. The number of non-ortho nitro benzene ring substituents is 1. The molecule has 0 aromatic heterocycles. The molecule has 6 nitrogen and oxygen atoms in total. The fourth-order valence-corrected chi connectivity index (χ4v) is 3.17. The van der Waals surface area contributed by atoms with E-state index < -0.39 is 21.7 Å². The van der Waals surface area contributed by atoms with Crippen LogP contribution >= 0.6 is 27.7 Å². The van der Waals surface area contributed by atoms with E-state index in [0.717, 1.165) is 5.56 Å². The number of nitrogens with zero attached hydrogens (tertiary/aromatic N) is 1. The predicted octanol–water partition coefficient (Wildman–Crippen LogP) is 2.78. The summed E-state index contributed by atoms with van der Waals surface area (Å²) in [7, 11) is 0. The van der Waals surface area contributed by atoms with Gasteiger partial charge in [-0.05, 0) is 19.4 Å². The fraction of sp³-hybridized carbons (Fsp3) is 0.417. The van der Waals surface area contributed by atoms with E-state index in [-0.39, 0.29) is 5.69 Å². The third kappa shape index (κ3) is 4.19. The highest BCUT2D eigenvalue weighted by atomic mass is 79.9. The van der Waals surface area contributed by atoms with Crippen LogP contribution in [0.2, 0.25) is 0 Å². The standard InChI is InChI=1S/C12H15BrN2O4S/c1-12(2,10(14)11(16)17)20-6-7-3-4-8(15(18)19)5-9(7)13/h3-5,10H,6,14H2,1-2H3,(H,16,17)/t10-/m1/s1. The zero-order valence-electron chi connectivity index (χ0n) is 11.0. The molecule has 0 unspecified atom stereocenters. The van der Waals surface area contributed by atoms with Crippen molar-refractivity contribution in [2.75, 3.05) is 0 Å². The number of rotatable bonds is 6. The molecule has 0 amide bonds. The molecule has 1 rings (SSSR count). The van der Waals surface area contributed by atoms with Gasteiger partial charge < -0.3 is 10.8 Å². The predicted molar refractivity (Wildman–Crippen MR) is 81.8 cm³/mol. The molecule has 20 heavy (non-hydrogen) atoms. The summed E-state index contributed by atoms with van der Waals surface area (Å²) in [5.74, 6) is -0.544. The quantitative estimate of drug-likeness (QED) is 0.595. The van der Waals surface area contributed by atoms with Crippen LogP contribution in [0.4, 0.5) is 5.69 Å². The van der Waals surface area contributed by atoms with Gasteiger partial charge in [-0.25, -0.2) is 0 Å². The summed E-state index contributed by atoms with van der Waals surface area (Å²) in [6, 6.07) is 3.52. The molecule has 0 aliphatic rings. The minimum atomic E-state index is -1.05. The van der Waals surface area contributed by atoms with Crippen molar-refractivity contribution in [3.8, 4) is 0 Å². The van der Waals surface area contributed by atoms with E-state index in [1.165, 1.54) is 23.9 Å². The summed E-state index contributed by atoms with van der Waals surface area (Å²) >= 11 is 4.67. The van der Waals surface area contributed by atoms with Gasteiger partial charge in [-0.1, -0.05) is 22.0 Å². The van der Waals surface area contributed by atoms with Crippen LogP contribution in [0, 0.1) is 10.1 Å². The maximum absolute atomic E-state index is 10.9. The molecule has 3 N–H and O–H groups in total. The first kappa shape index (κ1) is 16.9. The van der Waals surface area contributed by atoms with Crippen molar-refractivity contribution in [3.63, 3.8) is 0 Å². The van der Waals surface area contributed by atoms with Gasteiger partial charge in [-0.15, -0.1) is 11.8 Å². The molecule has 1 atom stereocenters. The van der Waals surface area contributed by atoms with Gasteiger partial charge in [0.2, 0.25) is 0 Å². The fourth-order valence-electron chi connectivity index (χ4n) is 1.42. The summed E-state index contributed by atoms with van der Waals surface area (Å²) in [6.07, 6.45) is 0. The number of carboxylic acids is 1. The largest absolute Gasteiger partial charge is 0.480 e. The van der Waals surface area contributed by atoms with Crippen LogP contribution in [0.5, 0.6) is 0 Å². The Bertz CT molecular complexity index is 536. The first-order valence-corrected chi connectivity index (χ1v) is 7.48. The Hall–Kier alpha value is -1.12. The van der Waals surface area contributed by atoms with E-state index in [0.29, 0.717) is 10.2 Å². The summed E-state index contributed by atoms with van der Waals surface area (Å²) in [6.45, 7) is 3.52. The normalized spacial score (nSPS) is 13.0. The van der Waals surface area contributed by atoms with Crippen LogP contribution in [-0.4, -0.2) is 26.8 Å². The maximum atomic E-state index is 10.9. The first-order valence-electron chi connectivity index (χ1n) is 5.70. The van der Waals surface area contributed by atoms with Crippen LogP contribution in [0.15, 0.2) is 22.7 Å². The SMILES string of the molecule is CC(C)(SCc1ccc([N+](=O)[O-])cc1Br)[C@H](N)C(=O)O. The van der Waals surface area contributed by atoms with Gasteiger partial charge in [0.25, 0.3) is 5.69 Å². The van der Waals surface area contributed by atoms with Crippen LogP contribution in [0.25, 0.3) is 0 Å². The summed E-state index contributed by atoms with van der Waals surface area (Å²) in [5, 5.41) is 19.6. The summed E-state index contributed by atoms with van der Waals surface area (Å²) in [5.41, 5.74) is 6.50. The average molecular weight is 363 g/mol. The first-order chi connectivity index (χ1) is 9.15. The molecule has 0 heterocycles. The van der Waals surface area contributed by atoms with Gasteiger partial charge in [0.1, 0.15) is 6.04 Å². The lowest BCUT2D eigenvalue weighted by atomic mass is 10.1. The average Bonchev–Trinajstić information content (AvgIpc) is 2.35. The minimum Gasteiger partial charge on any atom is -0.480 e. The molecule has 0 spiro atoms. The number of benzene rings is 1. The molecular weight excluding hydrogens is 348 g/mol. The van der Waals surface area contributed by atoms with Gasteiger partial charge >= 0.3 is 5.97 Å². The second kappa shape index (κ2) is 6.55. The molecule has 0 bridgehead atoms. The van der Waals surface area contributed by atoms with Crippen LogP contribution in [0.3, 0.4) is 0 Å². The van der Waals surface area contributed by atoms with E-state index in [1.807, 2.05) is 0 Å². The van der Waals surface area contributed by atoms with Gasteiger partial charge in [0.05, 0.1) is 4.92 Å². The molecule has 0 aliphatic heterocycles. The van der Waals surface area contributed by atoms with E-state index in [4.69, 9.17) is 10.8 Å². The molecule has 0 aliphatic carbocycles. The van der Waals surface area contributed by atoms with Gasteiger partial charge in [0.15, 0.2) is 0 Å². The van der Waals surface area contributed by atoms with Crippen molar-refractivity contribution in [1.29, 1.82) is 0 Å². The van der Waals surface area contributed by atoms with Crippen LogP contribution < -0.4 is 5.73 Å². The number of hydrogen-bond donors (Lipinski definition) is 2. The van der Waals surface area contributed by atoms with Crippen LogP contribution in [0.1, 0.15) is 19.4 Å². The zero-order valence-corrected chi connectivity index (χ0v) is 13.4. The number of halogens is 1. The molecule has 0 saturated heterocycles. The topological polar surface area (TPSA) is 106 Å². The van der Waals surface area contributed by atoms with Crippen molar-refractivity contribution in [1.82, 2.24) is 0 Å². The van der Waals surface area contributed by atoms with Gasteiger partial charge in [-0.2, -0.15) is 0 Å². The zero-order chi connectivity index (χ0) is 15.5. The lowest BCUT2D eigenvalue weighted by Crippen LogP contribution is -2.46. The molecule has 0 saturated carbocycles. The smallest absolute Gasteiger partial charge is 0.321 e. The van der Waals surface area contributed by atoms with Crippen molar-refractivity contribution >= 4 is 39.3 Å². The van der Waals surface area contributed by atoms with Crippen molar-refractivity contribution < 1.29 is 14.8 Å². The molecule has 0 radical (unpaired) electrons. The maximum Gasteiger partial charge on any atom is 0.321 e. The molecule has 0 fully saturated rings. The number of aliphatic carboxylic acids is 1. The highest BCUT2D eigenvalue weighted by Gasteiger charge is 2.32. The van der Waals surface area contributed by atoms with Crippen molar-refractivity contribution in [2.45, 2.75) is 30.4 Å².